The van der Waals surface area contributed by atoms with Gasteiger partial charge < -0.3 is 5.11 Å². The number of phenolic OH excluding ortho intramolecular Hbond substituents is 1. The van der Waals surface area contributed by atoms with E-state index in [0.717, 1.165) is 47.0 Å². The van der Waals surface area contributed by atoms with E-state index in [1.165, 1.54) is 0 Å². The van der Waals surface area contributed by atoms with Crippen LogP contribution in [0.3, 0.4) is 0 Å². The summed E-state index contributed by atoms with van der Waals surface area (Å²) in [6, 6.07) is 9.45. The fraction of sp³-hybridized carbons (Fsp3) is 0.222. The van der Waals surface area contributed by atoms with E-state index in [-0.39, 0.29) is 5.75 Å². The second-order valence-corrected chi connectivity index (χ2v) is 7.18. The van der Waals surface area contributed by atoms with Gasteiger partial charge in [0.2, 0.25) is 0 Å². The van der Waals surface area contributed by atoms with Crippen molar-refractivity contribution in [1.82, 2.24) is 14.9 Å². The topological polar surface area (TPSA) is 49.2 Å². The lowest BCUT2D eigenvalue weighted by Gasteiger charge is -2.28. The second kappa shape index (κ2) is 6.51. The number of rotatable bonds is 3. The Kier molecular flexibility index (Phi) is 4.22. The fourth-order valence-electron chi connectivity index (χ4n) is 2.96. The summed E-state index contributed by atoms with van der Waals surface area (Å²) in [4.78, 5) is 12.7. The number of hydrogen-bond donors (Lipinski definition) is 1. The van der Waals surface area contributed by atoms with Crippen LogP contribution in [0.15, 0.2) is 41.9 Å². The van der Waals surface area contributed by atoms with E-state index in [1.54, 1.807) is 17.4 Å². The lowest BCUT2D eigenvalue weighted by atomic mass is 10.1. The maximum atomic E-state index is 9.74. The van der Waals surface area contributed by atoms with Crippen LogP contribution in [0.2, 0.25) is 5.02 Å². The first-order valence-electron chi connectivity index (χ1n) is 7.78. The van der Waals surface area contributed by atoms with E-state index in [4.69, 9.17) is 16.6 Å². The Morgan fingerprint density at radius 3 is 3.00 bits per heavy atom. The van der Waals surface area contributed by atoms with Crippen LogP contribution in [-0.4, -0.2) is 26.5 Å². The van der Waals surface area contributed by atoms with Crippen molar-refractivity contribution in [2.75, 3.05) is 6.54 Å². The van der Waals surface area contributed by atoms with Crippen molar-refractivity contribution in [3.8, 4) is 16.5 Å². The number of aromatic nitrogens is 2. The highest BCUT2D eigenvalue weighted by Gasteiger charge is 2.20. The van der Waals surface area contributed by atoms with Gasteiger partial charge in [0.25, 0.3) is 0 Å². The molecule has 0 bridgehead atoms. The molecule has 6 heteroatoms. The summed E-state index contributed by atoms with van der Waals surface area (Å²) in [5.41, 5.74) is 3.24. The summed E-state index contributed by atoms with van der Waals surface area (Å²) in [6.07, 6.45) is 2.83. The van der Waals surface area contributed by atoms with Crippen LogP contribution in [0, 0.1) is 0 Å². The van der Waals surface area contributed by atoms with E-state index >= 15 is 0 Å². The summed E-state index contributed by atoms with van der Waals surface area (Å²) in [7, 11) is 0. The van der Waals surface area contributed by atoms with E-state index in [9.17, 15) is 5.11 Å². The van der Waals surface area contributed by atoms with Crippen LogP contribution >= 0.6 is 22.9 Å². The van der Waals surface area contributed by atoms with E-state index in [1.807, 2.05) is 35.8 Å². The standard InChI is InChI=1S/C18H16ClN3OS/c19-17-12(3-1-4-15(17)23)10-22-7-6-14-13(11-22)9-20-18(21-14)16-5-2-8-24-16/h1-5,8-9,23H,6-7,10-11H2. The van der Waals surface area contributed by atoms with Gasteiger partial charge in [-0.25, -0.2) is 9.97 Å². The lowest BCUT2D eigenvalue weighted by molar-refractivity contribution is 0.242. The van der Waals surface area contributed by atoms with Crippen LogP contribution < -0.4 is 0 Å². The fourth-order valence-corrected chi connectivity index (χ4v) is 3.81. The van der Waals surface area contributed by atoms with Crippen molar-refractivity contribution in [2.24, 2.45) is 0 Å². The molecule has 1 N–H and O–H groups in total. The van der Waals surface area contributed by atoms with Gasteiger partial charge in [0, 0.05) is 37.8 Å². The quantitative estimate of drug-likeness (QED) is 0.766. The van der Waals surface area contributed by atoms with Crippen LogP contribution in [0.1, 0.15) is 16.8 Å². The van der Waals surface area contributed by atoms with Crippen molar-refractivity contribution in [3.63, 3.8) is 0 Å². The summed E-state index contributed by atoms with van der Waals surface area (Å²) in [6.45, 7) is 2.42. The number of nitrogens with zero attached hydrogens (tertiary/aromatic N) is 3. The maximum absolute atomic E-state index is 9.74. The highest BCUT2D eigenvalue weighted by Crippen LogP contribution is 2.29. The molecule has 1 aromatic carbocycles. The summed E-state index contributed by atoms with van der Waals surface area (Å²) in [5, 5.41) is 12.2. The number of phenols is 1. The Morgan fingerprint density at radius 1 is 1.25 bits per heavy atom. The van der Waals surface area contributed by atoms with E-state index in [2.05, 4.69) is 9.88 Å². The minimum Gasteiger partial charge on any atom is -0.506 e. The highest BCUT2D eigenvalue weighted by molar-refractivity contribution is 7.13. The minimum absolute atomic E-state index is 0.135. The molecule has 1 aliphatic heterocycles. The molecule has 4 nitrogen and oxygen atoms in total. The van der Waals surface area contributed by atoms with Gasteiger partial charge in [-0.05, 0) is 23.1 Å². The number of aromatic hydroxyl groups is 1. The molecule has 0 radical (unpaired) electrons. The molecule has 2 aromatic heterocycles. The molecule has 3 heterocycles. The average molecular weight is 358 g/mol. The molecule has 0 aliphatic carbocycles. The number of halogens is 1. The molecule has 1 aliphatic rings. The van der Waals surface area contributed by atoms with Crippen molar-refractivity contribution < 1.29 is 5.11 Å². The van der Waals surface area contributed by atoms with Crippen molar-refractivity contribution in [3.05, 3.63) is 63.8 Å². The summed E-state index contributed by atoms with van der Waals surface area (Å²) >= 11 is 7.85. The molecule has 0 unspecified atom stereocenters. The molecule has 0 fully saturated rings. The van der Waals surface area contributed by atoms with Crippen LogP contribution in [0.4, 0.5) is 0 Å². The molecule has 122 valence electrons. The number of fused-ring (bicyclic) bond motifs is 1. The molecule has 0 spiro atoms. The lowest BCUT2D eigenvalue weighted by Crippen LogP contribution is -2.31. The normalized spacial score (nSPS) is 14.5. The van der Waals surface area contributed by atoms with Crippen molar-refractivity contribution >= 4 is 22.9 Å². The first kappa shape index (κ1) is 15.6. The first-order chi connectivity index (χ1) is 11.7. The van der Waals surface area contributed by atoms with Crippen LogP contribution in [-0.2, 0) is 19.5 Å². The van der Waals surface area contributed by atoms with Crippen molar-refractivity contribution in [1.29, 1.82) is 0 Å². The van der Waals surface area contributed by atoms with Gasteiger partial charge in [-0.15, -0.1) is 11.3 Å². The maximum Gasteiger partial charge on any atom is 0.169 e. The third kappa shape index (κ3) is 3.02. The van der Waals surface area contributed by atoms with Gasteiger partial charge in [0.1, 0.15) is 5.75 Å². The third-order valence-corrected chi connectivity index (χ3v) is 5.51. The smallest absolute Gasteiger partial charge is 0.169 e. The molecule has 3 aromatic rings. The van der Waals surface area contributed by atoms with Crippen LogP contribution in [0.25, 0.3) is 10.7 Å². The zero-order chi connectivity index (χ0) is 16.5. The second-order valence-electron chi connectivity index (χ2n) is 5.85. The van der Waals surface area contributed by atoms with Crippen molar-refractivity contribution in [2.45, 2.75) is 19.5 Å². The van der Waals surface area contributed by atoms with Gasteiger partial charge in [-0.3, -0.25) is 4.90 Å². The molecule has 0 amide bonds. The minimum atomic E-state index is 0.135. The van der Waals surface area contributed by atoms with Gasteiger partial charge in [-0.2, -0.15) is 0 Å². The Balaban J connectivity index is 1.53. The SMILES string of the molecule is Oc1cccc(CN2CCc3nc(-c4cccs4)ncc3C2)c1Cl. The number of benzene rings is 1. The van der Waals surface area contributed by atoms with E-state index < -0.39 is 0 Å². The van der Waals surface area contributed by atoms with Gasteiger partial charge in [0.15, 0.2) is 5.82 Å². The van der Waals surface area contributed by atoms with E-state index in [0.29, 0.717) is 11.6 Å². The predicted octanol–water partition coefficient (Wildman–Crippen LogP) is 4.12. The van der Waals surface area contributed by atoms with Crippen LogP contribution in [0.5, 0.6) is 5.75 Å². The predicted molar refractivity (Wildman–Crippen MR) is 96.3 cm³/mol. The molecule has 24 heavy (non-hydrogen) atoms. The average Bonchev–Trinajstić information content (AvgIpc) is 3.13. The Labute approximate surface area is 149 Å². The van der Waals surface area contributed by atoms with Gasteiger partial charge in [0.05, 0.1) is 15.6 Å². The number of hydrogen-bond acceptors (Lipinski definition) is 5. The third-order valence-electron chi connectivity index (χ3n) is 4.21. The summed E-state index contributed by atoms with van der Waals surface area (Å²) in [5.74, 6) is 0.948. The zero-order valence-corrected chi connectivity index (χ0v) is 14.5. The molecular formula is C18H16ClN3OS. The zero-order valence-electron chi connectivity index (χ0n) is 12.9. The van der Waals surface area contributed by atoms with Gasteiger partial charge >= 0.3 is 0 Å². The summed E-state index contributed by atoms with van der Waals surface area (Å²) < 4.78 is 0. The first-order valence-corrected chi connectivity index (χ1v) is 9.04. The molecular weight excluding hydrogens is 342 g/mol. The molecule has 0 saturated heterocycles. The number of thiophene rings is 1. The Bertz CT molecular complexity index is 867. The Hall–Kier alpha value is -1.95. The molecule has 0 saturated carbocycles. The van der Waals surface area contributed by atoms with Gasteiger partial charge in [-0.1, -0.05) is 29.8 Å². The monoisotopic (exact) mass is 357 g/mol. The Morgan fingerprint density at radius 2 is 2.17 bits per heavy atom. The highest BCUT2D eigenvalue weighted by atomic mass is 35.5. The molecule has 0 atom stereocenters. The molecule has 4 rings (SSSR count). The largest absolute Gasteiger partial charge is 0.506 e.